The van der Waals surface area contributed by atoms with Gasteiger partial charge in [-0.05, 0) is 31.0 Å². The van der Waals surface area contributed by atoms with Gasteiger partial charge in [0.25, 0.3) is 5.91 Å². The first-order valence-electron chi connectivity index (χ1n) is 9.28. The molecule has 2 heterocycles. The van der Waals surface area contributed by atoms with Crippen molar-refractivity contribution in [2.75, 3.05) is 12.0 Å². The molecule has 0 N–H and O–H groups in total. The van der Waals surface area contributed by atoms with Crippen molar-refractivity contribution in [1.29, 1.82) is 0 Å². The number of hydrogen-bond acceptors (Lipinski definition) is 5. The molecule has 148 valence electrons. The number of hydrogen-bond donors (Lipinski definition) is 0. The van der Waals surface area contributed by atoms with E-state index in [-0.39, 0.29) is 5.91 Å². The Bertz CT molecular complexity index is 1180. The highest BCUT2D eigenvalue weighted by molar-refractivity contribution is 7.22. The van der Waals surface area contributed by atoms with Gasteiger partial charge in [-0.25, -0.2) is 4.98 Å². The number of carbonyl (C=O) groups excluding carboxylic acids is 1. The van der Waals surface area contributed by atoms with Crippen LogP contribution in [0.3, 0.4) is 0 Å². The van der Waals surface area contributed by atoms with Gasteiger partial charge in [0.15, 0.2) is 10.8 Å². The fourth-order valence-corrected chi connectivity index (χ4v) is 4.37. The number of ether oxygens (including phenoxy) is 1. The SMILES string of the molecule is COc1ccc(C)c2sc(N(Cc3ccccc3)C(=O)c3nn(C)cc3C)nc12. The number of carbonyl (C=O) groups is 1. The number of thiazole rings is 1. The average Bonchev–Trinajstić information content (AvgIpc) is 3.30. The normalized spacial score (nSPS) is 11.0. The van der Waals surface area contributed by atoms with Crippen molar-refractivity contribution in [3.05, 3.63) is 71.0 Å². The van der Waals surface area contributed by atoms with Crippen LogP contribution in [0.15, 0.2) is 48.7 Å². The van der Waals surface area contributed by atoms with Crippen LogP contribution < -0.4 is 9.64 Å². The Morgan fingerprint density at radius 1 is 1.14 bits per heavy atom. The van der Waals surface area contributed by atoms with Crippen LogP contribution in [-0.2, 0) is 13.6 Å². The fourth-order valence-electron chi connectivity index (χ4n) is 3.32. The fraction of sp³-hybridized carbons (Fsp3) is 0.227. The Kier molecular flexibility index (Phi) is 5.07. The molecule has 0 radical (unpaired) electrons. The molecule has 1 amide bonds. The number of anilines is 1. The van der Waals surface area contributed by atoms with Gasteiger partial charge in [0, 0.05) is 18.8 Å². The second-order valence-corrected chi connectivity index (χ2v) is 7.95. The highest BCUT2D eigenvalue weighted by Crippen LogP contribution is 2.37. The number of benzene rings is 2. The predicted molar refractivity (Wildman–Crippen MR) is 116 cm³/mol. The zero-order valence-electron chi connectivity index (χ0n) is 16.8. The van der Waals surface area contributed by atoms with E-state index in [9.17, 15) is 4.79 Å². The van der Waals surface area contributed by atoms with Gasteiger partial charge in [0.1, 0.15) is 11.3 Å². The zero-order valence-corrected chi connectivity index (χ0v) is 17.7. The minimum absolute atomic E-state index is 0.164. The first kappa shape index (κ1) is 19.1. The van der Waals surface area contributed by atoms with Crippen molar-refractivity contribution in [2.24, 2.45) is 7.05 Å². The number of aromatic nitrogens is 3. The standard InChI is InChI=1S/C22H22N4O2S/c1-14-10-11-17(28-4)19-20(14)29-22(23-19)26(13-16-8-6-5-7-9-16)21(27)18-15(2)12-25(3)24-18/h5-12H,13H2,1-4H3. The van der Waals surface area contributed by atoms with E-state index in [1.165, 1.54) is 11.3 Å². The Labute approximate surface area is 173 Å². The Morgan fingerprint density at radius 3 is 2.55 bits per heavy atom. The Hall–Kier alpha value is -3.19. The van der Waals surface area contributed by atoms with Gasteiger partial charge >= 0.3 is 0 Å². The van der Waals surface area contributed by atoms with Crippen molar-refractivity contribution in [1.82, 2.24) is 14.8 Å². The largest absolute Gasteiger partial charge is 0.494 e. The lowest BCUT2D eigenvalue weighted by Crippen LogP contribution is -2.31. The molecule has 0 saturated heterocycles. The van der Waals surface area contributed by atoms with E-state index in [0.29, 0.717) is 23.1 Å². The highest BCUT2D eigenvalue weighted by atomic mass is 32.1. The lowest BCUT2D eigenvalue weighted by atomic mass is 10.2. The second-order valence-electron chi connectivity index (χ2n) is 6.97. The number of methoxy groups -OCH3 is 1. The minimum Gasteiger partial charge on any atom is -0.494 e. The Morgan fingerprint density at radius 2 is 1.90 bits per heavy atom. The molecule has 0 unspecified atom stereocenters. The van der Waals surface area contributed by atoms with E-state index in [2.05, 4.69) is 5.10 Å². The number of nitrogens with zero attached hydrogens (tertiary/aromatic N) is 4. The van der Waals surface area contributed by atoms with E-state index in [4.69, 9.17) is 9.72 Å². The van der Waals surface area contributed by atoms with Crippen LogP contribution in [0.2, 0.25) is 0 Å². The van der Waals surface area contributed by atoms with Gasteiger partial charge in [-0.3, -0.25) is 14.4 Å². The van der Waals surface area contributed by atoms with Crippen molar-refractivity contribution in [3.8, 4) is 5.75 Å². The molecule has 2 aromatic heterocycles. The molecule has 0 atom stereocenters. The molecule has 0 fully saturated rings. The van der Waals surface area contributed by atoms with Crippen LogP contribution in [-0.4, -0.2) is 27.8 Å². The van der Waals surface area contributed by atoms with E-state index >= 15 is 0 Å². The van der Waals surface area contributed by atoms with E-state index in [1.807, 2.05) is 69.6 Å². The number of aryl methyl sites for hydroxylation is 3. The summed E-state index contributed by atoms with van der Waals surface area (Å²) in [6.45, 7) is 4.35. The van der Waals surface area contributed by atoms with Gasteiger partial charge < -0.3 is 4.74 Å². The molecule has 0 aliphatic heterocycles. The van der Waals surface area contributed by atoms with E-state index in [0.717, 1.165) is 26.9 Å². The number of amides is 1. The van der Waals surface area contributed by atoms with Crippen LogP contribution in [0.25, 0.3) is 10.2 Å². The third-order valence-electron chi connectivity index (χ3n) is 4.79. The van der Waals surface area contributed by atoms with Gasteiger partial charge in [-0.1, -0.05) is 47.7 Å². The summed E-state index contributed by atoms with van der Waals surface area (Å²) < 4.78 is 8.16. The number of rotatable bonds is 5. The lowest BCUT2D eigenvalue weighted by Gasteiger charge is -2.19. The molecule has 4 aromatic rings. The smallest absolute Gasteiger partial charge is 0.281 e. The predicted octanol–water partition coefficient (Wildman–Crippen LogP) is 4.50. The van der Waals surface area contributed by atoms with E-state index in [1.54, 1.807) is 16.7 Å². The molecule has 4 rings (SSSR count). The zero-order chi connectivity index (χ0) is 20.5. The molecule has 0 saturated carbocycles. The minimum atomic E-state index is -0.164. The molecule has 29 heavy (non-hydrogen) atoms. The maximum Gasteiger partial charge on any atom is 0.281 e. The van der Waals surface area contributed by atoms with Gasteiger partial charge in [-0.2, -0.15) is 5.10 Å². The summed E-state index contributed by atoms with van der Waals surface area (Å²) in [6.07, 6.45) is 1.85. The third-order valence-corrected chi connectivity index (χ3v) is 6.00. The van der Waals surface area contributed by atoms with Gasteiger partial charge in [0.2, 0.25) is 0 Å². The van der Waals surface area contributed by atoms with Crippen LogP contribution in [0.5, 0.6) is 5.75 Å². The van der Waals surface area contributed by atoms with Crippen LogP contribution >= 0.6 is 11.3 Å². The van der Waals surface area contributed by atoms with Crippen molar-refractivity contribution < 1.29 is 9.53 Å². The molecule has 6 nitrogen and oxygen atoms in total. The first-order chi connectivity index (χ1) is 14.0. The van der Waals surface area contributed by atoms with Crippen LogP contribution in [0.1, 0.15) is 27.2 Å². The molecule has 0 spiro atoms. The Balaban J connectivity index is 1.84. The topological polar surface area (TPSA) is 60.2 Å². The summed E-state index contributed by atoms with van der Waals surface area (Å²) in [6, 6.07) is 13.8. The quantitative estimate of drug-likeness (QED) is 0.490. The number of fused-ring (bicyclic) bond motifs is 1. The molecule has 0 aliphatic rings. The summed E-state index contributed by atoms with van der Waals surface area (Å²) in [5.74, 6) is 0.539. The first-order valence-corrected chi connectivity index (χ1v) is 10.1. The van der Waals surface area contributed by atoms with Gasteiger partial charge in [-0.15, -0.1) is 0 Å². The summed E-state index contributed by atoms with van der Waals surface area (Å²) in [4.78, 5) is 20.0. The maximum absolute atomic E-state index is 13.5. The summed E-state index contributed by atoms with van der Waals surface area (Å²) in [5.41, 5.74) is 4.18. The van der Waals surface area contributed by atoms with Crippen molar-refractivity contribution >= 4 is 32.6 Å². The molecule has 0 bridgehead atoms. The maximum atomic E-state index is 13.5. The van der Waals surface area contributed by atoms with Crippen molar-refractivity contribution in [2.45, 2.75) is 20.4 Å². The van der Waals surface area contributed by atoms with Gasteiger partial charge in [0.05, 0.1) is 18.4 Å². The average molecular weight is 407 g/mol. The highest BCUT2D eigenvalue weighted by Gasteiger charge is 2.26. The second kappa shape index (κ2) is 7.67. The third kappa shape index (κ3) is 3.61. The van der Waals surface area contributed by atoms with E-state index < -0.39 is 0 Å². The molecule has 7 heteroatoms. The van der Waals surface area contributed by atoms with Crippen molar-refractivity contribution in [3.63, 3.8) is 0 Å². The molecular weight excluding hydrogens is 384 g/mol. The molecule has 0 aliphatic carbocycles. The molecular formula is C22H22N4O2S. The summed E-state index contributed by atoms with van der Waals surface area (Å²) in [5, 5.41) is 5.01. The summed E-state index contributed by atoms with van der Waals surface area (Å²) in [7, 11) is 3.45. The van der Waals surface area contributed by atoms with Crippen LogP contribution in [0, 0.1) is 13.8 Å². The monoisotopic (exact) mass is 406 g/mol. The van der Waals surface area contributed by atoms with Crippen LogP contribution in [0.4, 0.5) is 5.13 Å². The lowest BCUT2D eigenvalue weighted by molar-refractivity contribution is 0.0979. The molecule has 2 aromatic carbocycles. The summed E-state index contributed by atoms with van der Waals surface area (Å²) >= 11 is 1.50.